The molecule has 0 aliphatic rings. The van der Waals surface area contributed by atoms with Gasteiger partial charge in [-0.25, -0.2) is 0 Å². The molecule has 8 heteroatoms. The minimum absolute atomic E-state index is 0.0109. The summed E-state index contributed by atoms with van der Waals surface area (Å²) in [6.07, 6.45) is -2.02. The third-order valence-electron chi connectivity index (χ3n) is 4.66. The molecular formula is C22H29F3N4O. The molecule has 0 saturated heterocycles. The lowest BCUT2D eigenvalue weighted by Crippen LogP contribution is -2.38. The van der Waals surface area contributed by atoms with Crippen LogP contribution in [0.3, 0.4) is 0 Å². The summed E-state index contributed by atoms with van der Waals surface area (Å²) in [5.41, 5.74) is 1.15. The van der Waals surface area contributed by atoms with Crippen LogP contribution in [0.4, 0.5) is 13.2 Å². The lowest BCUT2D eigenvalue weighted by atomic mass is 10.1. The Kier molecular flexibility index (Phi) is 8.95. The Morgan fingerprint density at radius 3 is 2.43 bits per heavy atom. The second-order valence-electron chi connectivity index (χ2n) is 7.00. The molecule has 0 unspecified atom stereocenters. The van der Waals surface area contributed by atoms with Crippen LogP contribution in [0.5, 0.6) is 0 Å². The summed E-state index contributed by atoms with van der Waals surface area (Å²) in [5, 5.41) is 6.36. The van der Waals surface area contributed by atoms with Crippen LogP contribution in [0.25, 0.3) is 0 Å². The fraction of sp³-hybridized carbons (Fsp3) is 0.455. The number of hydrogen-bond acceptors (Lipinski definition) is 2. The number of alkyl halides is 3. The summed E-state index contributed by atoms with van der Waals surface area (Å²) >= 11 is 0. The third kappa shape index (κ3) is 7.57. The van der Waals surface area contributed by atoms with E-state index in [2.05, 4.69) is 15.6 Å². The van der Waals surface area contributed by atoms with Crippen LogP contribution in [-0.4, -0.2) is 30.2 Å². The molecule has 0 aliphatic carbocycles. The molecule has 0 amide bonds. The van der Waals surface area contributed by atoms with Gasteiger partial charge in [0.25, 0.3) is 5.56 Å². The van der Waals surface area contributed by atoms with Gasteiger partial charge in [-0.05, 0) is 56.9 Å². The number of pyridine rings is 1. The third-order valence-corrected chi connectivity index (χ3v) is 4.66. The highest BCUT2D eigenvalue weighted by molar-refractivity contribution is 5.79. The van der Waals surface area contributed by atoms with E-state index in [1.807, 2.05) is 19.9 Å². The molecule has 0 aliphatic heterocycles. The number of rotatable bonds is 9. The summed E-state index contributed by atoms with van der Waals surface area (Å²) in [4.78, 5) is 16.4. The van der Waals surface area contributed by atoms with Crippen LogP contribution in [0, 0.1) is 6.92 Å². The van der Waals surface area contributed by atoms with Crippen molar-refractivity contribution in [3.63, 3.8) is 0 Å². The Morgan fingerprint density at radius 1 is 1.07 bits per heavy atom. The Bertz CT molecular complexity index is 873. The number of guanidine groups is 1. The summed E-state index contributed by atoms with van der Waals surface area (Å²) < 4.78 is 39.6. The second kappa shape index (κ2) is 11.4. The average Bonchev–Trinajstić information content (AvgIpc) is 2.69. The molecule has 2 aromatic rings. The Labute approximate surface area is 175 Å². The maximum absolute atomic E-state index is 12.6. The molecule has 0 bridgehead atoms. The van der Waals surface area contributed by atoms with Gasteiger partial charge in [-0.15, -0.1) is 0 Å². The van der Waals surface area contributed by atoms with Gasteiger partial charge in [0.1, 0.15) is 0 Å². The molecule has 0 atom stereocenters. The molecule has 0 spiro atoms. The van der Waals surface area contributed by atoms with Gasteiger partial charge >= 0.3 is 6.18 Å². The van der Waals surface area contributed by atoms with E-state index in [0.29, 0.717) is 38.6 Å². The van der Waals surface area contributed by atoms with Crippen LogP contribution in [0.1, 0.15) is 36.6 Å². The number of halogens is 3. The normalized spacial score (nSPS) is 12.1. The molecule has 2 N–H and O–H groups in total. The Balaban J connectivity index is 1.76. The lowest BCUT2D eigenvalue weighted by Gasteiger charge is -2.12. The molecule has 0 saturated carbocycles. The van der Waals surface area contributed by atoms with Crippen LogP contribution in [0.2, 0.25) is 0 Å². The van der Waals surface area contributed by atoms with Crippen molar-refractivity contribution in [3.05, 3.63) is 69.6 Å². The standard InChI is InChI=1S/C22H29F3N4O/c1-3-26-21(27-14-4-5-16-29-17(2)7-6-8-20(29)30)28-15-13-18-9-11-19(12-10-18)22(23,24)25/h6-12H,3-5,13-16H2,1-2H3,(H2,26,27,28). The maximum atomic E-state index is 12.6. The van der Waals surface area contributed by atoms with Gasteiger partial charge in [-0.3, -0.25) is 9.79 Å². The largest absolute Gasteiger partial charge is 0.416 e. The molecule has 0 radical (unpaired) electrons. The first-order valence-corrected chi connectivity index (χ1v) is 10.2. The highest BCUT2D eigenvalue weighted by atomic mass is 19.4. The van der Waals surface area contributed by atoms with Crippen molar-refractivity contribution >= 4 is 5.96 Å². The number of aliphatic imine (C=N–C) groups is 1. The first-order chi connectivity index (χ1) is 14.3. The summed E-state index contributed by atoms with van der Waals surface area (Å²) in [6.45, 7) is 6.46. The summed E-state index contributed by atoms with van der Waals surface area (Å²) in [7, 11) is 0. The number of benzene rings is 1. The number of hydrogen-bond donors (Lipinski definition) is 2. The van der Waals surface area contributed by atoms with Gasteiger partial charge in [-0.1, -0.05) is 18.2 Å². The van der Waals surface area contributed by atoms with Gasteiger partial charge < -0.3 is 15.2 Å². The first-order valence-electron chi connectivity index (χ1n) is 10.2. The number of unbranched alkanes of at least 4 members (excludes halogenated alkanes) is 1. The van der Waals surface area contributed by atoms with E-state index in [9.17, 15) is 18.0 Å². The summed E-state index contributed by atoms with van der Waals surface area (Å²) in [5.74, 6) is 0.678. The Morgan fingerprint density at radius 2 is 1.80 bits per heavy atom. The highest BCUT2D eigenvalue weighted by Crippen LogP contribution is 2.29. The SMILES string of the molecule is CCNC(=NCCCCn1c(C)cccc1=O)NCCc1ccc(C(F)(F)F)cc1. The molecule has 164 valence electrons. The van der Waals surface area contributed by atoms with E-state index in [1.165, 1.54) is 12.1 Å². The van der Waals surface area contributed by atoms with Gasteiger partial charge in [-0.2, -0.15) is 13.2 Å². The van der Waals surface area contributed by atoms with E-state index in [1.54, 1.807) is 16.7 Å². The highest BCUT2D eigenvalue weighted by Gasteiger charge is 2.29. The van der Waals surface area contributed by atoms with Crippen molar-refractivity contribution in [1.82, 2.24) is 15.2 Å². The quantitative estimate of drug-likeness (QED) is 0.368. The van der Waals surface area contributed by atoms with Crippen molar-refractivity contribution in [1.29, 1.82) is 0 Å². The van der Waals surface area contributed by atoms with E-state index in [0.717, 1.165) is 36.2 Å². The van der Waals surface area contributed by atoms with Crippen molar-refractivity contribution in [2.24, 2.45) is 4.99 Å². The molecule has 1 heterocycles. The number of nitrogens with one attached hydrogen (secondary N) is 2. The van der Waals surface area contributed by atoms with E-state index < -0.39 is 11.7 Å². The fourth-order valence-corrected chi connectivity index (χ4v) is 3.01. The van der Waals surface area contributed by atoms with Crippen molar-refractivity contribution in [2.75, 3.05) is 19.6 Å². The van der Waals surface area contributed by atoms with Gasteiger partial charge in [0.2, 0.25) is 0 Å². The van der Waals surface area contributed by atoms with Gasteiger partial charge in [0, 0.05) is 37.9 Å². The zero-order valence-electron chi connectivity index (χ0n) is 17.4. The predicted octanol–water partition coefficient (Wildman–Crippen LogP) is 3.75. The van der Waals surface area contributed by atoms with Crippen LogP contribution in [0.15, 0.2) is 52.3 Å². The lowest BCUT2D eigenvalue weighted by molar-refractivity contribution is -0.137. The zero-order valence-corrected chi connectivity index (χ0v) is 17.4. The van der Waals surface area contributed by atoms with Crippen LogP contribution < -0.4 is 16.2 Å². The van der Waals surface area contributed by atoms with Crippen molar-refractivity contribution in [2.45, 2.75) is 45.8 Å². The first kappa shape index (κ1) is 23.5. The average molecular weight is 422 g/mol. The minimum atomic E-state index is -4.31. The number of aryl methyl sites for hydroxylation is 1. The molecule has 0 fully saturated rings. The number of aromatic nitrogens is 1. The zero-order chi connectivity index (χ0) is 22.0. The van der Waals surface area contributed by atoms with E-state index in [4.69, 9.17) is 0 Å². The predicted molar refractivity (Wildman–Crippen MR) is 114 cm³/mol. The van der Waals surface area contributed by atoms with Crippen LogP contribution in [-0.2, 0) is 19.1 Å². The monoisotopic (exact) mass is 422 g/mol. The molecule has 5 nitrogen and oxygen atoms in total. The topological polar surface area (TPSA) is 58.4 Å². The van der Waals surface area contributed by atoms with Gasteiger partial charge in [0.15, 0.2) is 5.96 Å². The number of nitrogens with zero attached hydrogens (tertiary/aromatic N) is 2. The molecular weight excluding hydrogens is 393 g/mol. The van der Waals surface area contributed by atoms with E-state index in [-0.39, 0.29) is 5.56 Å². The Hall–Kier alpha value is -2.77. The molecule has 1 aromatic carbocycles. The maximum Gasteiger partial charge on any atom is 0.416 e. The van der Waals surface area contributed by atoms with Crippen molar-refractivity contribution in [3.8, 4) is 0 Å². The molecule has 2 rings (SSSR count). The summed E-state index contributed by atoms with van der Waals surface area (Å²) in [6, 6.07) is 10.5. The van der Waals surface area contributed by atoms with Gasteiger partial charge in [0.05, 0.1) is 5.56 Å². The smallest absolute Gasteiger partial charge is 0.357 e. The minimum Gasteiger partial charge on any atom is -0.357 e. The van der Waals surface area contributed by atoms with Crippen LogP contribution >= 0.6 is 0 Å². The fourth-order valence-electron chi connectivity index (χ4n) is 3.01. The van der Waals surface area contributed by atoms with Crippen molar-refractivity contribution < 1.29 is 13.2 Å². The molecule has 1 aromatic heterocycles. The van der Waals surface area contributed by atoms with E-state index >= 15 is 0 Å². The second-order valence-corrected chi connectivity index (χ2v) is 7.00. The molecule has 30 heavy (non-hydrogen) atoms.